The van der Waals surface area contributed by atoms with Crippen LogP contribution in [0.5, 0.6) is 0 Å². The molecule has 0 amide bonds. The van der Waals surface area contributed by atoms with Gasteiger partial charge in [-0.3, -0.25) is 0 Å². The van der Waals surface area contributed by atoms with Gasteiger partial charge in [0.2, 0.25) is 0 Å². The zero-order chi connectivity index (χ0) is 14.8. The summed E-state index contributed by atoms with van der Waals surface area (Å²) in [5.74, 6) is 0.298. The number of aromatic amines is 1. The van der Waals surface area contributed by atoms with E-state index in [1.165, 1.54) is 6.07 Å². The fourth-order valence-electron chi connectivity index (χ4n) is 2.16. The standard InChI is InChI=1S/C16H13BrFN3/c17-11-6-7-12(13(18)8-11)14-9-20-16(21-14)15(19)10-4-2-1-3-5-10/h1-9,15H,19H2,(H,20,21). The first-order valence-corrected chi connectivity index (χ1v) is 7.25. The number of benzene rings is 2. The van der Waals surface area contributed by atoms with E-state index in [1.807, 2.05) is 30.3 Å². The molecule has 1 heterocycles. The molecule has 3 N–H and O–H groups in total. The molecule has 5 heteroatoms. The van der Waals surface area contributed by atoms with Crippen LogP contribution >= 0.6 is 15.9 Å². The molecule has 0 radical (unpaired) electrons. The summed E-state index contributed by atoms with van der Waals surface area (Å²) >= 11 is 3.24. The van der Waals surface area contributed by atoms with E-state index < -0.39 is 0 Å². The molecule has 1 unspecified atom stereocenters. The fourth-order valence-corrected chi connectivity index (χ4v) is 2.49. The van der Waals surface area contributed by atoms with Crippen molar-refractivity contribution in [3.05, 3.63) is 76.4 Å². The Morgan fingerprint density at radius 2 is 1.90 bits per heavy atom. The van der Waals surface area contributed by atoms with Crippen LogP contribution in [0.2, 0.25) is 0 Å². The Morgan fingerprint density at radius 1 is 1.14 bits per heavy atom. The molecular weight excluding hydrogens is 333 g/mol. The van der Waals surface area contributed by atoms with Gasteiger partial charge in [-0.25, -0.2) is 9.37 Å². The van der Waals surface area contributed by atoms with Crippen LogP contribution < -0.4 is 5.73 Å². The summed E-state index contributed by atoms with van der Waals surface area (Å²) in [6.07, 6.45) is 1.60. The summed E-state index contributed by atoms with van der Waals surface area (Å²) in [7, 11) is 0. The predicted molar refractivity (Wildman–Crippen MR) is 84.2 cm³/mol. The average Bonchev–Trinajstić information content (AvgIpc) is 2.97. The quantitative estimate of drug-likeness (QED) is 0.752. The molecule has 2 aromatic carbocycles. The minimum absolute atomic E-state index is 0.312. The van der Waals surface area contributed by atoms with Crippen molar-refractivity contribution in [2.75, 3.05) is 0 Å². The van der Waals surface area contributed by atoms with Gasteiger partial charge in [0, 0.05) is 10.0 Å². The molecule has 3 aromatic rings. The highest BCUT2D eigenvalue weighted by Crippen LogP contribution is 2.26. The molecule has 0 spiro atoms. The molecule has 0 bridgehead atoms. The second-order valence-corrected chi connectivity index (χ2v) is 5.61. The lowest BCUT2D eigenvalue weighted by Gasteiger charge is -2.08. The van der Waals surface area contributed by atoms with E-state index in [0.717, 1.165) is 5.56 Å². The Balaban J connectivity index is 1.93. The number of halogens is 2. The number of nitrogens with two attached hydrogens (primary N) is 1. The highest BCUT2D eigenvalue weighted by atomic mass is 79.9. The Morgan fingerprint density at radius 3 is 2.62 bits per heavy atom. The van der Waals surface area contributed by atoms with E-state index in [-0.39, 0.29) is 11.9 Å². The van der Waals surface area contributed by atoms with Gasteiger partial charge in [-0.05, 0) is 23.8 Å². The number of hydrogen-bond donors (Lipinski definition) is 2. The van der Waals surface area contributed by atoms with E-state index in [9.17, 15) is 4.39 Å². The lowest BCUT2D eigenvalue weighted by molar-refractivity contribution is 0.630. The van der Waals surface area contributed by atoms with Gasteiger partial charge in [0.15, 0.2) is 0 Å². The van der Waals surface area contributed by atoms with Crippen molar-refractivity contribution < 1.29 is 4.39 Å². The van der Waals surface area contributed by atoms with Gasteiger partial charge < -0.3 is 10.7 Å². The molecule has 0 aliphatic carbocycles. The van der Waals surface area contributed by atoms with Crippen LogP contribution in [-0.2, 0) is 0 Å². The zero-order valence-electron chi connectivity index (χ0n) is 11.1. The van der Waals surface area contributed by atoms with Gasteiger partial charge in [0.25, 0.3) is 0 Å². The second kappa shape index (κ2) is 5.79. The number of aromatic nitrogens is 2. The van der Waals surface area contributed by atoms with Gasteiger partial charge in [-0.15, -0.1) is 0 Å². The maximum absolute atomic E-state index is 14.0. The Bertz CT molecular complexity index is 755. The third-order valence-corrected chi connectivity index (χ3v) is 3.76. The molecular formula is C16H13BrFN3. The Kier molecular flexibility index (Phi) is 3.86. The van der Waals surface area contributed by atoms with E-state index >= 15 is 0 Å². The third-order valence-electron chi connectivity index (χ3n) is 3.27. The number of nitrogens with zero attached hydrogens (tertiary/aromatic N) is 1. The van der Waals surface area contributed by atoms with Crippen molar-refractivity contribution in [2.24, 2.45) is 5.73 Å². The summed E-state index contributed by atoms with van der Waals surface area (Å²) in [6, 6.07) is 14.2. The maximum Gasteiger partial charge on any atom is 0.133 e. The highest BCUT2D eigenvalue weighted by Gasteiger charge is 2.14. The average molecular weight is 346 g/mol. The van der Waals surface area contributed by atoms with Crippen LogP contribution in [0.1, 0.15) is 17.4 Å². The van der Waals surface area contributed by atoms with Gasteiger partial charge in [0.05, 0.1) is 17.9 Å². The molecule has 3 rings (SSSR count). The first-order valence-electron chi connectivity index (χ1n) is 6.46. The third kappa shape index (κ3) is 2.89. The van der Waals surface area contributed by atoms with E-state index in [4.69, 9.17) is 5.73 Å². The maximum atomic E-state index is 14.0. The minimum Gasteiger partial charge on any atom is -0.340 e. The van der Waals surface area contributed by atoms with Crippen molar-refractivity contribution in [1.82, 2.24) is 9.97 Å². The van der Waals surface area contributed by atoms with Crippen molar-refractivity contribution in [1.29, 1.82) is 0 Å². The van der Waals surface area contributed by atoms with Gasteiger partial charge in [-0.1, -0.05) is 46.3 Å². The summed E-state index contributed by atoms with van der Waals surface area (Å²) in [6.45, 7) is 0. The molecule has 0 aliphatic rings. The Hall–Kier alpha value is -1.98. The second-order valence-electron chi connectivity index (χ2n) is 4.69. The number of imidazole rings is 1. The molecule has 0 saturated heterocycles. The summed E-state index contributed by atoms with van der Waals surface area (Å²) in [4.78, 5) is 7.37. The molecule has 1 aromatic heterocycles. The number of rotatable bonds is 3. The van der Waals surface area contributed by atoms with Crippen LogP contribution in [-0.4, -0.2) is 9.97 Å². The molecule has 0 fully saturated rings. The molecule has 3 nitrogen and oxygen atoms in total. The van der Waals surface area contributed by atoms with Gasteiger partial charge in [0.1, 0.15) is 11.6 Å². The monoisotopic (exact) mass is 345 g/mol. The van der Waals surface area contributed by atoms with Crippen molar-refractivity contribution in [3.63, 3.8) is 0 Å². The predicted octanol–water partition coefficient (Wildman–Crippen LogP) is 4.03. The number of hydrogen-bond acceptors (Lipinski definition) is 2. The zero-order valence-corrected chi connectivity index (χ0v) is 12.6. The number of H-pyrrole nitrogens is 1. The topological polar surface area (TPSA) is 54.7 Å². The van der Waals surface area contributed by atoms with E-state index in [2.05, 4.69) is 25.9 Å². The van der Waals surface area contributed by atoms with Crippen LogP contribution in [0.25, 0.3) is 11.3 Å². The Labute approximate surface area is 130 Å². The van der Waals surface area contributed by atoms with Crippen LogP contribution in [0.15, 0.2) is 59.2 Å². The van der Waals surface area contributed by atoms with Gasteiger partial charge in [-0.2, -0.15) is 0 Å². The molecule has 0 saturated carbocycles. The van der Waals surface area contributed by atoms with Crippen LogP contribution in [0.4, 0.5) is 4.39 Å². The summed E-state index contributed by atoms with van der Waals surface area (Å²) in [5, 5.41) is 0. The lowest BCUT2D eigenvalue weighted by Crippen LogP contribution is -2.13. The smallest absolute Gasteiger partial charge is 0.133 e. The summed E-state index contributed by atoms with van der Waals surface area (Å²) < 4.78 is 14.7. The van der Waals surface area contributed by atoms with Crippen molar-refractivity contribution in [2.45, 2.75) is 6.04 Å². The van der Waals surface area contributed by atoms with Crippen LogP contribution in [0.3, 0.4) is 0 Å². The first-order chi connectivity index (χ1) is 10.1. The normalized spacial score (nSPS) is 12.3. The molecule has 21 heavy (non-hydrogen) atoms. The molecule has 106 valence electrons. The fraction of sp³-hybridized carbons (Fsp3) is 0.0625. The largest absolute Gasteiger partial charge is 0.340 e. The van der Waals surface area contributed by atoms with Crippen LogP contribution in [0, 0.1) is 5.82 Å². The van der Waals surface area contributed by atoms with Crippen molar-refractivity contribution in [3.8, 4) is 11.3 Å². The SMILES string of the molecule is NC(c1ccccc1)c1ncc(-c2ccc(Br)cc2F)[nH]1. The lowest BCUT2D eigenvalue weighted by atomic mass is 10.1. The molecule has 0 aliphatic heterocycles. The summed E-state index contributed by atoms with van der Waals surface area (Å²) in [5.41, 5.74) is 8.21. The minimum atomic E-state index is -0.363. The first kappa shape index (κ1) is 14.0. The number of nitrogens with one attached hydrogen (secondary N) is 1. The van der Waals surface area contributed by atoms with Crippen molar-refractivity contribution >= 4 is 15.9 Å². The molecule has 1 atom stereocenters. The van der Waals surface area contributed by atoms with E-state index in [0.29, 0.717) is 21.6 Å². The van der Waals surface area contributed by atoms with E-state index in [1.54, 1.807) is 18.3 Å². The van der Waals surface area contributed by atoms with Gasteiger partial charge >= 0.3 is 0 Å². The highest BCUT2D eigenvalue weighted by molar-refractivity contribution is 9.10.